The molecule has 0 aliphatic heterocycles. The van der Waals surface area contributed by atoms with E-state index >= 15 is 0 Å². The van der Waals surface area contributed by atoms with Crippen molar-refractivity contribution in [3.63, 3.8) is 0 Å². The number of sulfonamides is 1. The van der Waals surface area contributed by atoms with Crippen molar-refractivity contribution in [2.75, 3.05) is 24.5 Å². The summed E-state index contributed by atoms with van der Waals surface area (Å²) < 4.78 is 34.3. The van der Waals surface area contributed by atoms with E-state index < -0.39 is 28.5 Å². The lowest BCUT2D eigenvalue weighted by Crippen LogP contribution is -2.53. The van der Waals surface area contributed by atoms with Gasteiger partial charge >= 0.3 is 0 Å². The quantitative estimate of drug-likeness (QED) is 0.192. The molecule has 1 atom stereocenters. The number of amides is 2. The molecule has 0 aromatic heterocycles. The molecule has 8 nitrogen and oxygen atoms in total. The molecule has 2 amide bonds. The van der Waals surface area contributed by atoms with Crippen LogP contribution in [0.2, 0.25) is 10.0 Å². The number of hydrogen-bond donors (Lipinski definition) is 1. The van der Waals surface area contributed by atoms with Gasteiger partial charge in [-0.25, -0.2) is 8.42 Å². The Bertz CT molecular complexity index is 1690. The molecule has 230 valence electrons. The molecule has 1 N–H and O–H groups in total. The third-order valence-corrected chi connectivity index (χ3v) is 9.14. The second-order valence-corrected chi connectivity index (χ2v) is 12.7. The van der Waals surface area contributed by atoms with Gasteiger partial charge in [0.15, 0.2) is 0 Å². The molecule has 44 heavy (non-hydrogen) atoms. The molecule has 0 fully saturated rings. The van der Waals surface area contributed by atoms with Crippen molar-refractivity contribution >= 4 is 50.7 Å². The molecule has 0 bridgehead atoms. The molecule has 0 saturated heterocycles. The van der Waals surface area contributed by atoms with Gasteiger partial charge in [0.2, 0.25) is 11.8 Å². The summed E-state index contributed by atoms with van der Waals surface area (Å²) in [5.74, 6) is -0.471. The lowest BCUT2D eigenvalue weighted by molar-refractivity contribution is -0.140. The fourth-order valence-electron chi connectivity index (χ4n) is 4.71. The van der Waals surface area contributed by atoms with Crippen molar-refractivity contribution in [3.05, 3.63) is 124 Å². The van der Waals surface area contributed by atoms with Crippen LogP contribution in [-0.2, 0) is 32.6 Å². The molecule has 4 rings (SSSR count). The highest BCUT2D eigenvalue weighted by Crippen LogP contribution is 2.28. The van der Waals surface area contributed by atoms with Gasteiger partial charge in [0.05, 0.1) is 17.7 Å². The zero-order valence-electron chi connectivity index (χ0n) is 24.3. The standard InChI is InChI=1S/C33H33Cl2N3O5S/c1-3-36-33(40)31(20-24-9-5-4-6-10-24)37(22-25-11-7-12-26(34)19-25)32(39)23-38(28-14-8-13-27(35)21-28)44(41,42)30-17-15-29(43-2)16-18-30/h4-19,21,31H,3,20,22-23H2,1-2H3,(H,36,40). The molecule has 0 aliphatic rings. The van der Waals surface area contributed by atoms with E-state index in [9.17, 15) is 18.0 Å². The molecule has 0 saturated carbocycles. The SMILES string of the molecule is CCNC(=O)C(Cc1ccccc1)N(Cc1cccc(Cl)c1)C(=O)CN(c1cccc(Cl)c1)S(=O)(=O)c1ccc(OC)cc1. The zero-order valence-corrected chi connectivity index (χ0v) is 26.6. The highest BCUT2D eigenvalue weighted by Gasteiger charge is 2.34. The van der Waals surface area contributed by atoms with Gasteiger partial charge in [-0.3, -0.25) is 13.9 Å². The monoisotopic (exact) mass is 653 g/mol. The first-order valence-corrected chi connectivity index (χ1v) is 16.1. The average Bonchev–Trinajstić information content (AvgIpc) is 3.02. The number of likely N-dealkylation sites (N-methyl/N-ethyl adjacent to an activating group) is 1. The number of anilines is 1. The van der Waals surface area contributed by atoms with Crippen LogP contribution in [-0.4, -0.2) is 51.4 Å². The first-order chi connectivity index (χ1) is 21.1. The van der Waals surface area contributed by atoms with Crippen molar-refractivity contribution in [1.82, 2.24) is 10.2 Å². The fraction of sp³-hybridized carbons (Fsp3) is 0.212. The molecule has 4 aromatic rings. The first-order valence-electron chi connectivity index (χ1n) is 13.9. The predicted molar refractivity (Wildman–Crippen MR) is 174 cm³/mol. The summed E-state index contributed by atoms with van der Waals surface area (Å²) in [5.41, 5.74) is 1.72. The molecule has 1 unspecified atom stereocenters. The molecule has 0 spiro atoms. The third-order valence-electron chi connectivity index (χ3n) is 6.89. The van der Waals surface area contributed by atoms with Crippen molar-refractivity contribution in [2.24, 2.45) is 0 Å². The van der Waals surface area contributed by atoms with E-state index in [0.29, 0.717) is 27.9 Å². The Hall–Kier alpha value is -4.05. The van der Waals surface area contributed by atoms with Crippen LogP contribution in [0.25, 0.3) is 0 Å². The van der Waals surface area contributed by atoms with Gasteiger partial charge in [-0.05, 0) is 72.6 Å². The van der Waals surface area contributed by atoms with Gasteiger partial charge in [-0.2, -0.15) is 0 Å². The number of nitrogens with one attached hydrogen (secondary N) is 1. The van der Waals surface area contributed by atoms with Crippen molar-refractivity contribution in [2.45, 2.75) is 30.8 Å². The topological polar surface area (TPSA) is 96.0 Å². The number of rotatable bonds is 13. The summed E-state index contributed by atoms with van der Waals surface area (Å²) in [5, 5.41) is 3.60. The molecule has 0 aliphatic carbocycles. The highest BCUT2D eigenvalue weighted by atomic mass is 35.5. The second-order valence-electron chi connectivity index (χ2n) is 9.92. The van der Waals surface area contributed by atoms with E-state index in [2.05, 4.69) is 5.32 Å². The Labute approximate surface area is 268 Å². The van der Waals surface area contributed by atoms with Gasteiger partial charge in [0.1, 0.15) is 18.3 Å². The maximum atomic E-state index is 14.4. The number of methoxy groups -OCH3 is 1. The second kappa shape index (κ2) is 15.1. The number of ether oxygens (including phenoxy) is 1. The van der Waals surface area contributed by atoms with E-state index in [0.717, 1.165) is 9.87 Å². The molecule has 11 heteroatoms. The van der Waals surface area contributed by atoms with Crippen LogP contribution in [0.5, 0.6) is 5.75 Å². The largest absolute Gasteiger partial charge is 0.497 e. The normalized spacial score (nSPS) is 11.8. The lowest BCUT2D eigenvalue weighted by atomic mass is 10.0. The van der Waals surface area contributed by atoms with Crippen LogP contribution in [0, 0.1) is 0 Å². The third kappa shape index (κ3) is 8.31. The Kier molecular flexibility index (Phi) is 11.3. The molecular weight excluding hydrogens is 621 g/mol. The highest BCUT2D eigenvalue weighted by molar-refractivity contribution is 7.92. The lowest BCUT2D eigenvalue weighted by Gasteiger charge is -2.34. The van der Waals surface area contributed by atoms with E-state index in [4.69, 9.17) is 27.9 Å². The summed E-state index contributed by atoms with van der Waals surface area (Å²) in [7, 11) is -2.79. The Morgan fingerprint density at radius 1 is 0.841 bits per heavy atom. The van der Waals surface area contributed by atoms with Gasteiger partial charge in [-0.1, -0.05) is 71.7 Å². The van der Waals surface area contributed by atoms with Gasteiger partial charge in [0, 0.05) is 29.6 Å². The first kappa shape index (κ1) is 32.9. The molecule has 0 heterocycles. The van der Waals surface area contributed by atoms with Crippen LogP contribution in [0.1, 0.15) is 18.1 Å². The van der Waals surface area contributed by atoms with E-state index in [1.165, 1.54) is 42.3 Å². The minimum absolute atomic E-state index is 0.0139. The number of halogens is 2. The van der Waals surface area contributed by atoms with E-state index in [-0.39, 0.29) is 29.5 Å². The van der Waals surface area contributed by atoms with Crippen LogP contribution >= 0.6 is 23.2 Å². The number of nitrogens with zero attached hydrogens (tertiary/aromatic N) is 2. The van der Waals surface area contributed by atoms with E-state index in [1.807, 2.05) is 30.3 Å². The Morgan fingerprint density at radius 3 is 2.09 bits per heavy atom. The maximum absolute atomic E-state index is 14.4. The Balaban J connectivity index is 1.79. The van der Waals surface area contributed by atoms with E-state index in [1.54, 1.807) is 49.4 Å². The summed E-state index contributed by atoms with van der Waals surface area (Å²) in [6, 6.07) is 27.5. The van der Waals surface area contributed by atoms with Crippen LogP contribution in [0.3, 0.4) is 0 Å². The summed E-state index contributed by atoms with van der Waals surface area (Å²) >= 11 is 12.5. The maximum Gasteiger partial charge on any atom is 0.264 e. The number of carbonyl (C=O) groups is 2. The minimum Gasteiger partial charge on any atom is -0.497 e. The average molecular weight is 655 g/mol. The summed E-state index contributed by atoms with van der Waals surface area (Å²) in [4.78, 5) is 29.3. The van der Waals surface area contributed by atoms with Gasteiger partial charge in [-0.15, -0.1) is 0 Å². The summed E-state index contributed by atoms with van der Waals surface area (Å²) in [6.45, 7) is 1.56. The van der Waals surface area contributed by atoms with Gasteiger partial charge < -0.3 is 15.0 Å². The zero-order chi connectivity index (χ0) is 31.7. The van der Waals surface area contributed by atoms with Crippen molar-refractivity contribution in [3.8, 4) is 5.75 Å². The van der Waals surface area contributed by atoms with Crippen molar-refractivity contribution in [1.29, 1.82) is 0 Å². The molecular formula is C33H33Cl2N3O5S. The summed E-state index contributed by atoms with van der Waals surface area (Å²) in [6.07, 6.45) is 0.210. The van der Waals surface area contributed by atoms with Crippen LogP contribution < -0.4 is 14.4 Å². The number of carbonyl (C=O) groups excluding carboxylic acids is 2. The van der Waals surface area contributed by atoms with Crippen molar-refractivity contribution < 1.29 is 22.7 Å². The fourth-order valence-corrected chi connectivity index (χ4v) is 6.52. The van der Waals surface area contributed by atoms with Crippen LogP contribution in [0.4, 0.5) is 5.69 Å². The van der Waals surface area contributed by atoms with Gasteiger partial charge in [0.25, 0.3) is 10.0 Å². The Morgan fingerprint density at radius 2 is 1.48 bits per heavy atom. The minimum atomic E-state index is -4.27. The smallest absolute Gasteiger partial charge is 0.264 e. The molecule has 4 aromatic carbocycles. The number of hydrogen-bond acceptors (Lipinski definition) is 5. The number of benzene rings is 4. The van der Waals surface area contributed by atoms with Crippen LogP contribution in [0.15, 0.2) is 108 Å². The predicted octanol–water partition coefficient (Wildman–Crippen LogP) is 5.97. The molecule has 0 radical (unpaired) electrons.